The van der Waals surface area contributed by atoms with Gasteiger partial charge in [0.2, 0.25) is 0 Å². The first-order valence-corrected chi connectivity index (χ1v) is 7.97. The maximum atomic E-state index is 11.1. The summed E-state index contributed by atoms with van der Waals surface area (Å²) in [7, 11) is 0. The molecule has 2 atom stereocenters. The minimum absolute atomic E-state index is 0.0297. The number of thioether (sulfide) groups is 1. The molecule has 1 aliphatic rings. The number of hydrogen-bond acceptors (Lipinski definition) is 3. The molecule has 1 saturated heterocycles. The lowest BCUT2D eigenvalue weighted by atomic mass is 10.1. The molecule has 21 heavy (non-hydrogen) atoms. The Hall–Kier alpha value is -1.72. The number of nitrogens with zero attached hydrogens (tertiary/aromatic N) is 1. The smallest absolute Gasteiger partial charge is 0.321 e. The van der Waals surface area contributed by atoms with E-state index < -0.39 is 12.0 Å². The second-order valence-corrected chi connectivity index (χ2v) is 6.32. The van der Waals surface area contributed by atoms with E-state index in [0.717, 1.165) is 6.54 Å². The lowest BCUT2D eigenvalue weighted by Crippen LogP contribution is -2.33. The highest BCUT2D eigenvalue weighted by atomic mass is 32.2. The van der Waals surface area contributed by atoms with E-state index in [2.05, 4.69) is 35.5 Å². The summed E-state index contributed by atoms with van der Waals surface area (Å²) in [6.07, 6.45) is 1.89. The second kappa shape index (κ2) is 5.58. The molecule has 0 bridgehead atoms. The quantitative estimate of drug-likeness (QED) is 0.853. The summed E-state index contributed by atoms with van der Waals surface area (Å²) in [6.45, 7) is 6.68. The summed E-state index contributed by atoms with van der Waals surface area (Å²) in [5.74, 6) is -0.182. The summed E-state index contributed by atoms with van der Waals surface area (Å²) in [6, 6.07) is 7.79. The van der Waals surface area contributed by atoms with Gasteiger partial charge < -0.3 is 9.67 Å². The number of hydrogen-bond donors (Lipinski definition) is 2. The Labute approximate surface area is 127 Å². The molecular weight excluding hydrogens is 284 g/mol. The van der Waals surface area contributed by atoms with Crippen LogP contribution >= 0.6 is 11.8 Å². The fourth-order valence-electron chi connectivity index (χ4n) is 2.93. The van der Waals surface area contributed by atoms with E-state index in [4.69, 9.17) is 5.11 Å². The van der Waals surface area contributed by atoms with Gasteiger partial charge in [-0.05, 0) is 13.0 Å². The normalized spacial score (nSPS) is 21.8. The Balaban J connectivity index is 2.08. The Kier molecular flexibility index (Phi) is 3.78. The van der Waals surface area contributed by atoms with E-state index >= 15 is 0 Å². The van der Waals surface area contributed by atoms with Crippen molar-refractivity contribution in [1.29, 1.82) is 0 Å². The van der Waals surface area contributed by atoms with Gasteiger partial charge in [-0.15, -0.1) is 18.3 Å². The third kappa shape index (κ3) is 2.36. The van der Waals surface area contributed by atoms with Gasteiger partial charge in [-0.1, -0.05) is 24.3 Å². The van der Waals surface area contributed by atoms with E-state index in [1.165, 1.54) is 22.2 Å². The molecular formula is C16H18N2O2S. The fourth-order valence-corrected chi connectivity index (χ4v) is 4.28. The maximum absolute atomic E-state index is 11.1. The number of carboxylic acid groups (broad SMARTS) is 1. The van der Waals surface area contributed by atoms with Gasteiger partial charge in [-0.3, -0.25) is 10.1 Å². The van der Waals surface area contributed by atoms with Crippen molar-refractivity contribution in [2.75, 3.05) is 5.75 Å². The number of para-hydroxylation sites is 1. The number of nitrogens with one attached hydrogen (secondary N) is 1. The van der Waals surface area contributed by atoms with E-state index in [-0.39, 0.29) is 5.37 Å². The Morgan fingerprint density at radius 1 is 1.57 bits per heavy atom. The van der Waals surface area contributed by atoms with E-state index in [0.29, 0.717) is 5.75 Å². The van der Waals surface area contributed by atoms with Crippen LogP contribution in [0.3, 0.4) is 0 Å². The van der Waals surface area contributed by atoms with Crippen molar-refractivity contribution in [3.8, 4) is 0 Å². The average molecular weight is 302 g/mol. The minimum atomic E-state index is -0.780. The second-order valence-electron chi connectivity index (χ2n) is 5.19. The summed E-state index contributed by atoms with van der Waals surface area (Å²) >= 11 is 1.66. The van der Waals surface area contributed by atoms with Crippen LogP contribution in [0.1, 0.15) is 16.6 Å². The van der Waals surface area contributed by atoms with Crippen LogP contribution < -0.4 is 5.32 Å². The molecule has 0 amide bonds. The number of carboxylic acids is 1. The van der Waals surface area contributed by atoms with Gasteiger partial charge in [0.15, 0.2) is 0 Å². The minimum Gasteiger partial charge on any atom is -0.480 e. The monoisotopic (exact) mass is 302 g/mol. The van der Waals surface area contributed by atoms with Gasteiger partial charge in [-0.25, -0.2) is 0 Å². The van der Waals surface area contributed by atoms with Gasteiger partial charge >= 0.3 is 5.97 Å². The molecule has 0 radical (unpaired) electrons. The number of aliphatic carboxylic acids is 1. The highest BCUT2D eigenvalue weighted by Crippen LogP contribution is 2.40. The summed E-state index contributed by atoms with van der Waals surface area (Å²) < 4.78 is 2.23. The Morgan fingerprint density at radius 3 is 3.00 bits per heavy atom. The summed E-state index contributed by atoms with van der Waals surface area (Å²) in [5, 5.41) is 13.6. The number of carbonyl (C=O) groups is 1. The average Bonchev–Trinajstić information content (AvgIpc) is 3.04. The van der Waals surface area contributed by atoms with Crippen molar-refractivity contribution in [1.82, 2.24) is 9.88 Å². The van der Waals surface area contributed by atoms with Crippen LogP contribution in [0.25, 0.3) is 10.9 Å². The number of allylic oxidation sites excluding steroid dienone is 1. The van der Waals surface area contributed by atoms with Gasteiger partial charge in [0.05, 0.1) is 5.37 Å². The van der Waals surface area contributed by atoms with Crippen LogP contribution in [0.4, 0.5) is 0 Å². The zero-order valence-electron chi connectivity index (χ0n) is 11.9. The lowest BCUT2D eigenvalue weighted by Gasteiger charge is -2.12. The zero-order valence-corrected chi connectivity index (χ0v) is 12.7. The molecule has 0 aliphatic carbocycles. The summed E-state index contributed by atoms with van der Waals surface area (Å²) in [4.78, 5) is 11.1. The number of fused-ring (bicyclic) bond motifs is 1. The number of benzene rings is 1. The van der Waals surface area contributed by atoms with E-state index in [9.17, 15) is 4.79 Å². The van der Waals surface area contributed by atoms with Crippen molar-refractivity contribution in [2.45, 2.75) is 24.9 Å². The number of aromatic nitrogens is 1. The van der Waals surface area contributed by atoms with Gasteiger partial charge in [0.25, 0.3) is 0 Å². The SMILES string of the molecule is C=CCn1c(C)c([C@@H]2N[C@@H](C(=O)O)CS2)c2ccccc21. The highest BCUT2D eigenvalue weighted by Gasteiger charge is 2.33. The molecule has 1 fully saturated rings. The molecule has 1 aromatic carbocycles. The van der Waals surface area contributed by atoms with Crippen LogP contribution in [0, 0.1) is 6.92 Å². The number of rotatable bonds is 4. The molecule has 2 N–H and O–H groups in total. The van der Waals surface area contributed by atoms with E-state index in [1.807, 2.05) is 18.2 Å². The molecule has 2 aromatic rings. The molecule has 0 unspecified atom stereocenters. The van der Waals surface area contributed by atoms with Gasteiger partial charge in [0, 0.05) is 34.5 Å². The van der Waals surface area contributed by atoms with Crippen molar-refractivity contribution >= 4 is 28.6 Å². The maximum Gasteiger partial charge on any atom is 0.321 e. The molecule has 1 aromatic heterocycles. The highest BCUT2D eigenvalue weighted by molar-refractivity contribution is 7.99. The van der Waals surface area contributed by atoms with Crippen LogP contribution in [0.15, 0.2) is 36.9 Å². The zero-order chi connectivity index (χ0) is 15.0. The molecule has 0 spiro atoms. The van der Waals surface area contributed by atoms with E-state index in [1.54, 1.807) is 11.8 Å². The third-order valence-corrected chi connectivity index (χ3v) is 5.16. The predicted octanol–water partition coefficient (Wildman–Crippen LogP) is 2.92. The van der Waals surface area contributed by atoms with Crippen LogP contribution in [-0.2, 0) is 11.3 Å². The Bertz CT molecular complexity index is 708. The largest absolute Gasteiger partial charge is 0.480 e. The first-order chi connectivity index (χ1) is 10.1. The molecule has 110 valence electrons. The fraction of sp³-hybridized carbons (Fsp3) is 0.312. The van der Waals surface area contributed by atoms with Crippen LogP contribution in [0.2, 0.25) is 0 Å². The Morgan fingerprint density at radius 2 is 2.33 bits per heavy atom. The topological polar surface area (TPSA) is 54.3 Å². The third-order valence-electron chi connectivity index (χ3n) is 3.93. The van der Waals surface area contributed by atoms with Crippen molar-refractivity contribution in [2.24, 2.45) is 0 Å². The molecule has 5 heteroatoms. The lowest BCUT2D eigenvalue weighted by molar-refractivity contribution is -0.138. The van der Waals surface area contributed by atoms with Crippen molar-refractivity contribution in [3.05, 3.63) is 48.2 Å². The van der Waals surface area contributed by atoms with Crippen molar-refractivity contribution < 1.29 is 9.90 Å². The first kappa shape index (κ1) is 14.2. The molecule has 4 nitrogen and oxygen atoms in total. The molecule has 0 saturated carbocycles. The van der Waals surface area contributed by atoms with Gasteiger partial charge in [0.1, 0.15) is 6.04 Å². The molecule has 2 heterocycles. The van der Waals surface area contributed by atoms with Crippen LogP contribution in [0.5, 0.6) is 0 Å². The molecule has 3 rings (SSSR count). The van der Waals surface area contributed by atoms with Crippen LogP contribution in [-0.4, -0.2) is 27.4 Å². The molecule has 1 aliphatic heterocycles. The van der Waals surface area contributed by atoms with Gasteiger partial charge in [-0.2, -0.15) is 0 Å². The summed E-state index contributed by atoms with van der Waals surface area (Å²) in [5.41, 5.74) is 3.54. The standard InChI is InChI=1S/C16H18N2O2S/c1-3-8-18-10(2)14(11-6-4-5-7-13(11)18)15-17-12(9-21-15)16(19)20/h3-7,12,15,17H,1,8-9H2,2H3,(H,19,20)/t12-,15-/m1/s1. The van der Waals surface area contributed by atoms with Crippen molar-refractivity contribution in [3.63, 3.8) is 0 Å². The predicted molar refractivity (Wildman–Crippen MR) is 86.6 cm³/mol. The first-order valence-electron chi connectivity index (χ1n) is 6.92.